The SMILES string of the molecule is CCc1cc(C(=O)N[C@@H](CCC(N)=O)C(=O)O)no1. The topological polar surface area (TPSA) is 136 Å². The maximum absolute atomic E-state index is 11.7. The minimum atomic E-state index is -1.24. The third-order valence-corrected chi connectivity index (χ3v) is 2.42. The Morgan fingerprint density at radius 1 is 1.53 bits per heavy atom. The van der Waals surface area contributed by atoms with Gasteiger partial charge in [-0.3, -0.25) is 9.59 Å². The molecule has 8 heteroatoms. The third-order valence-electron chi connectivity index (χ3n) is 2.42. The van der Waals surface area contributed by atoms with Crippen molar-refractivity contribution >= 4 is 17.8 Å². The van der Waals surface area contributed by atoms with Crippen LogP contribution in [0.25, 0.3) is 0 Å². The van der Waals surface area contributed by atoms with Gasteiger partial charge in [0.1, 0.15) is 11.8 Å². The van der Waals surface area contributed by atoms with Gasteiger partial charge in [0.2, 0.25) is 5.91 Å². The first kappa shape index (κ1) is 14.7. The molecule has 8 nitrogen and oxygen atoms in total. The molecule has 1 atom stereocenters. The average Bonchev–Trinajstić information content (AvgIpc) is 2.82. The van der Waals surface area contributed by atoms with Crippen LogP contribution in [0.5, 0.6) is 0 Å². The van der Waals surface area contributed by atoms with E-state index in [1.807, 2.05) is 6.92 Å². The van der Waals surface area contributed by atoms with Gasteiger partial charge < -0.3 is 20.7 Å². The molecule has 0 aromatic carbocycles. The van der Waals surface area contributed by atoms with Gasteiger partial charge in [0, 0.05) is 18.9 Å². The summed E-state index contributed by atoms with van der Waals surface area (Å²) in [6.07, 6.45) is 0.371. The smallest absolute Gasteiger partial charge is 0.326 e. The van der Waals surface area contributed by atoms with Crippen molar-refractivity contribution in [3.63, 3.8) is 0 Å². The van der Waals surface area contributed by atoms with Gasteiger partial charge in [-0.15, -0.1) is 0 Å². The Balaban J connectivity index is 2.65. The van der Waals surface area contributed by atoms with Crippen LogP contribution in [0, 0.1) is 0 Å². The number of nitrogens with one attached hydrogen (secondary N) is 1. The van der Waals surface area contributed by atoms with Gasteiger partial charge >= 0.3 is 5.97 Å². The molecule has 0 saturated heterocycles. The van der Waals surface area contributed by atoms with Crippen molar-refractivity contribution in [2.45, 2.75) is 32.2 Å². The lowest BCUT2D eigenvalue weighted by Crippen LogP contribution is -2.41. The van der Waals surface area contributed by atoms with Crippen molar-refractivity contribution < 1.29 is 24.0 Å². The highest BCUT2D eigenvalue weighted by atomic mass is 16.5. The first-order valence-electron chi connectivity index (χ1n) is 5.71. The number of hydrogen-bond donors (Lipinski definition) is 3. The predicted octanol–water partition coefficient (Wildman–Crippen LogP) is -0.314. The second-order valence-corrected chi connectivity index (χ2v) is 3.90. The van der Waals surface area contributed by atoms with E-state index < -0.39 is 23.8 Å². The lowest BCUT2D eigenvalue weighted by atomic mass is 10.1. The van der Waals surface area contributed by atoms with E-state index in [4.69, 9.17) is 15.4 Å². The Hall–Kier alpha value is -2.38. The number of carbonyl (C=O) groups is 3. The number of rotatable bonds is 7. The van der Waals surface area contributed by atoms with E-state index in [0.717, 1.165) is 0 Å². The molecule has 0 bridgehead atoms. The molecule has 0 spiro atoms. The summed E-state index contributed by atoms with van der Waals surface area (Å²) in [5.74, 6) is -2.02. The highest BCUT2D eigenvalue weighted by Gasteiger charge is 2.22. The van der Waals surface area contributed by atoms with Gasteiger partial charge in [-0.05, 0) is 6.42 Å². The third kappa shape index (κ3) is 4.41. The summed E-state index contributed by atoms with van der Waals surface area (Å²) in [7, 11) is 0. The molecular weight excluding hydrogens is 254 g/mol. The summed E-state index contributed by atoms with van der Waals surface area (Å²) in [4.78, 5) is 33.3. The van der Waals surface area contributed by atoms with Crippen LogP contribution >= 0.6 is 0 Å². The lowest BCUT2D eigenvalue weighted by molar-refractivity contribution is -0.139. The van der Waals surface area contributed by atoms with Crippen molar-refractivity contribution in [1.82, 2.24) is 10.5 Å². The Labute approximate surface area is 108 Å². The highest BCUT2D eigenvalue weighted by Crippen LogP contribution is 2.05. The average molecular weight is 269 g/mol. The van der Waals surface area contributed by atoms with Gasteiger partial charge in [0.25, 0.3) is 5.91 Å². The standard InChI is InChI=1S/C11H15N3O5/c1-2-6-5-8(14-19-6)10(16)13-7(11(17)18)3-4-9(12)15/h5,7H,2-4H2,1H3,(H2,12,15)(H,13,16)(H,17,18)/t7-/m0/s1. The predicted molar refractivity (Wildman–Crippen MR) is 63.2 cm³/mol. The normalized spacial score (nSPS) is 11.8. The van der Waals surface area contributed by atoms with Crippen LogP contribution in [0.1, 0.15) is 36.0 Å². The summed E-state index contributed by atoms with van der Waals surface area (Å²) in [6.45, 7) is 1.83. The fraction of sp³-hybridized carbons (Fsp3) is 0.455. The molecule has 0 aliphatic rings. The fourth-order valence-corrected chi connectivity index (χ4v) is 1.36. The molecule has 1 aromatic rings. The van der Waals surface area contributed by atoms with E-state index in [2.05, 4.69) is 10.5 Å². The van der Waals surface area contributed by atoms with Crippen LogP contribution in [-0.4, -0.2) is 34.1 Å². The van der Waals surface area contributed by atoms with Crippen molar-refractivity contribution in [3.8, 4) is 0 Å². The number of primary amides is 1. The van der Waals surface area contributed by atoms with Gasteiger partial charge in [0.15, 0.2) is 5.69 Å². The maximum atomic E-state index is 11.7. The van der Waals surface area contributed by atoms with Crippen LogP contribution < -0.4 is 11.1 Å². The van der Waals surface area contributed by atoms with Gasteiger partial charge in [-0.2, -0.15) is 0 Å². The zero-order valence-electron chi connectivity index (χ0n) is 10.4. The largest absolute Gasteiger partial charge is 0.480 e. The number of amides is 2. The summed E-state index contributed by atoms with van der Waals surface area (Å²) < 4.78 is 4.84. The van der Waals surface area contributed by atoms with Crippen LogP contribution in [0.3, 0.4) is 0 Å². The lowest BCUT2D eigenvalue weighted by Gasteiger charge is -2.12. The van der Waals surface area contributed by atoms with E-state index >= 15 is 0 Å². The number of carbonyl (C=O) groups excluding carboxylic acids is 2. The first-order chi connectivity index (χ1) is 8.93. The summed E-state index contributed by atoms with van der Waals surface area (Å²) in [5, 5.41) is 14.7. The molecular formula is C11H15N3O5. The Morgan fingerprint density at radius 2 is 2.21 bits per heavy atom. The molecule has 0 aliphatic carbocycles. The summed E-state index contributed by atoms with van der Waals surface area (Å²) in [6, 6.07) is 0.240. The van der Waals surface area contributed by atoms with Gasteiger partial charge in [-0.1, -0.05) is 12.1 Å². The number of aryl methyl sites for hydroxylation is 1. The van der Waals surface area contributed by atoms with Crippen molar-refractivity contribution in [3.05, 3.63) is 17.5 Å². The van der Waals surface area contributed by atoms with Crippen LogP contribution in [0.15, 0.2) is 10.6 Å². The monoisotopic (exact) mass is 269 g/mol. The molecule has 0 saturated carbocycles. The van der Waals surface area contributed by atoms with E-state index in [9.17, 15) is 14.4 Å². The van der Waals surface area contributed by atoms with Crippen molar-refractivity contribution in [1.29, 1.82) is 0 Å². The molecule has 104 valence electrons. The summed E-state index contributed by atoms with van der Waals surface area (Å²) >= 11 is 0. The quantitative estimate of drug-likeness (QED) is 0.621. The van der Waals surface area contributed by atoms with Crippen LogP contribution in [0.2, 0.25) is 0 Å². The van der Waals surface area contributed by atoms with Crippen LogP contribution in [-0.2, 0) is 16.0 Å². The van der Waals surface area contributed by atoms with Gasteiger partial charge in [0.05, 0.1) is 0 Å². The van der Waals surface area contributed by atoms with Crippen molar-refractivity contribution in [2.75, 3.05) is 0 Å². The maximum Gasteiger partial charge on any atom is 0.326 e. The van der Waals surface area contributed by atoms with E-state index in [0.29, 0.717) is 12.2 Å². The Kier molecular flexibility index (Phi) is 5.04. The number of hydrogen-bond acceptors (Lipinski definition) is 5. The zero-order valence-corrected chi connectivity index (χ0v) is 10.4. The van der Waals surface area contributed by atoms with Crippen molar-refractivity contribution in [2.24, 2.45) is 5.73 Å². The fourth-order valence-electron chi connectivity index (χ4n) is 1.36. The molecule has 0 unspecified atom stereocenters. The van der Waals surface area contributed by atoms with E-state index in [1.165, 1.54) is 6.07 Å². The number of aromatic nitrogens is 1. The van der Waals surface area contributed by atoms with Crippen LogP contribution in [0.4, 0.5) is 0 Å². The molecule has 0 aliphatic heterocycles. The number of carboxylic acids is 1. The number of nitrogens with two attached hydrogens (primary N) is 1. The highest BCUT2D eigenvalue weighted by molar-refractivity contribution is 5.95. The minimum absolute atomic E-state index is 0.00201. The molecule has 1 heterocycles. The molecule has 2 amide bonds. The number of nitrogens with zero attached hydrogens (tertiary/aromatic N) is 1. The minimum Gasteiger partial charge on any atom is -0.480 e. The second-order valence-electron chi connectivity index (χ2n) is 3.90. The van der Waals surface area contributed by atoms with E-state index in [-0.39, 0.29) is 18.5 Å². The van der Waals surface area contributed by atoms with E-state index in [1.54, 1.807) is 0 Å². The molecule has 0 fully saturated rings. The number of aliphatic carboxylic acids is 1. The molecule has 0 radical (unpaired) electrons. The number of carboxylic acid groups (broad SMARTS) is 1. The molecule has 19 heavy (non-hydrogen) atoms. The summed E-state index contributed by atoms with van der Waals surface area (Å²) in [5.41, 5.74) is 4.93. The zero-order chi connectivity index (χ0) is 14.4. The molecule has 1 rings (SSSR count). The van der Waals surface area contributed by atoms with Gasteiger partial charge in [-0.25, -0.2) is 4.79 Å². The Morgan fingerprint density at radius 3 is 2.68 bits per heavy atom. The first-order valence-corrected chi connectivity index (χ1v) is 5.71. The molecule has 4 N–H and O–H groups in total. The molecule has 1 aromatic heterocycles. The Bertz CT molecular complexity index is 482. The second kappa shape index (κ2) is 6.53.